The maximum absolute atomic E-state index is 11.1. The lowest BCUT2D eigenvalue weighted by Gasteiger charge is -2.23. The van der Waals surface area contributed by atoms with Crippen LogP contribution in [0.15, 0.2) is 73.8 Å². The number of hydrogen-bond donors (Lipinski definition) is 6. The second-order valence-electron chi connectivity index (χ2n) is 11.6. The molecule has 7 aromatic rings. The van der Waals surface area contributed by atoms with Crippen molar-refractivity contribution in [2.75, 3.05) is 0 Å². The van der Waals surface area contributed by atoms with Crippen LogP contribution in [-0.2, 0) is 0 Å². The Labute approximate surface area is 290 Å². The molecule has 7 rings (SSSR count). The Hall–Kier alpha value is -5.66. The van der Waals surface area contributed by atoms with Gasteiger partial charge in [0.25, 0.3) is 0 Å². The number of benzene rings is 6. The zero-order valence-corrected chi connectivity index (χ0v) is 26.6. The van der Waals surface area contributed by atoms with E-state index < -0.39 is 34.5 Å². The highest BCUT2D eigenvalue weighted by Crippen LogP contribution is 2.48. The molecule has 11 heteroatoms. The molecule has 0 atom stereocenters. The molecule has 0 fully saturated rings. The first-order valence-corrected chi connectivity index (χ1v) is 15.7. The fraction of sp³-hybridized carbons (Fsp3) is 0. The molecule has 8 radical (unpaired) electrons. The molecular formula is C38H22B4O6S. The summed E-state index contributed by atoms with van der Waals surface area (Å²) in [6.07, 6.45) is 3.32. The average Bonchev–Trinajstić information content (AvgIpc) is 3.48. The van der Waals surface area contributed by atoms with Gasteiger partial charge in [0.05, 0.1) is 0 Å². The molecular weight excluding hydrogens is 628 g/mol. The summed E-state index contributed by atoms with van der Waals surface area (Å²) >= 11 is 1.54. The smallest absolute Gasteiger partial charge is 0.200 e. The van der Waals surface area contributed by atoms with Crippen LogP contribution in [0.25, 0.3) is 76.5 Å². The Morgan fingerprint density at radius 2 is 0.980 bits per heavy atom. The molecule has 0 spiro atoms. The molecule has 0 bridgehead atoms. The molecule has 0 unspecified atom stereocenters. The first-order chi connectivity index (χ1) is 23.4. The minimum Gasteiger partial charge on any atom is -0.505 e. The van der Waals surface area contributed by atoms with Gasteiger partial charge in [-0.05, 0) is 73.3 Å². The molecule has 1 heterocycles. The van der Waals surface area contributed by atoms with Crippen molar-refractivity contribution in [3.05, 3.63) is 84.9 Å². The second kappa shape index (κ2) is 11.5. The van der Waals surface area contributed by atoms with Crippen LogP contribution in [0.5, 0.6) is 34.5 Å². The molecule has 1 aromatic heterocycles. The van der Waals surface area contributed by atoms with E-state index in [4.69, 9.17) is 31.4 Å². The molecule has 0 aliphatic carbocycles. The van der Waals surface area contributed by atoms with E-state index in [1.165, 1.54) is 11.3 Å². The van der Waals surface area contributed by atoms with Crippen LogP contribution in [-0.4, -0.2) is 62.0 Å². The number of phenols is 6. The first kappa shape index (κ1) is 31.9. The normalized spacial score (nSPS) is 11.4. The van der Waals surface area contributed by atoms with Crippen molar-refractivity contribution in [3.8, 4) is 67.9 Å². The Bertz CT molecular complexity index is 2550. The van der Waals surface area contributed by atoms with Crippen LogP contribution in [0.4, 0.5) is 0 Å². The van der Waals surface area contributed by atoms with Crippen LogP contribution in [0.3, 0.4) is 0 Å². The van der Waals surface area contributed by atoms with Crippen molar-refractivity contribution < 1.29 is 30.6 Å². The summed E-state index contributed by atoms with van der Waals surface area (Å²) in [5.74, 6) is -4.19. The van der Waals surface area contributed by atoms with Crippen LogP contribution in [0.2, 0.25) is 0 Å². The van der Waals surface area contributed by atoms with Crippen molar-refractivity contribution in [1.82, 2.24) is 0 Å². The molecule has 0 amide bonds. The van der Waals surface area contributed by atoms with Crippen molar-refractivity contribution in [2.24, 2.45) is 0 Å². The number of phenolic OH excluding ortho intramolecular Hbond substituents is 6. The van der Waals surface area contributed by atoms with Gasteiger partial charge in [-0.25, -0.2) is 0 Å². The van der Waals surface area contributed by atoms with Crippen molar-refractivity contribution >= 4 is 108 Å². The number of hydrogen-bond acceptors (Lipinski definition) is 7. The number of thiophene rings is 1. The number of rotatable bonds is 5. The first-order valence-electron chi connectivity index (χ1n) is 14.9. The average molecular weight is 650 g/mol. The number of aromatic hydroxyl groups is 6. The standard InChI is InChI=1S/C38H22B4O6S/c1-3-17-18(4-2)27(28-29(39)32(42)36(46)37(47)33(28)43)21-8-6-5-7-20(21)25(17)15-10-12-23-22(13-15)19-11-9-16(14-24(19)49-23)26-30(40)34(44)38(48)35(45)31(26)41/h3-14,43-48H,1-2H2. The second-order valence-corrected chi connectivity index (χ2v) is 12.6. The van der Waals surface area contributed by atoms with E-state index in [0.717, 1.165) is 36.7 Å². The largest absolute Gasteiger partial charge is 0.505 e. The van der Waals surface area contributed by atoms with E-state index in [2.05, 4.69) is 19.2 Å². The third kappa shape index (κ3) is 4.53. The predicted octanol–water partition coefficient (Wildman–Crippen LogP) is 4.90. The van der Waals surface area contributed by atoms with Gasteiger partial charge in [-0.15, -0.1) is 11.3 Å². The fourth-order valence-electron chi connectivity index (χ4n) is 6.63. The lowest BCUT2D eigenvalue weighted by atomic mass is 9.72. The van der Waals surface area contributed by atoms with Crippen molar-refractivity contribution in [3.63, 3.8) is 0 Å². The van der Waals surface area contributed by atoms with Crippen LogP contribution >= 0.6 is 11.3 Å². The highest BCUT2D eigenvalue weighted by Gasteiger charge is 2.26. The molecule has 0 aliphatic rings. The van der Waals surface area contributed by atoms with E-state index in [0.29, 0.717) is 27.6 Å². The summed E-state index contributed by atoms with van der Waals surface area (Å²) in [6.45, 7) is 8.17. The van der Waals surface area contributed by atoms with Gasteiger partial charge in [0, 0.05) is 31.3 Å². The highest BCUT2D eigenvalue weighted by molar-refractivity contribution is 7.25. The summed E-state index contributed by atoms with van der Waals surface area (Å²) in [7, 11) is 24.6. The maximum atomic E-state index is 11.1. The lowest BCUT2D eigenvalue weighted by Crippen LogP contribution is -2.28. The SMILES string of the molecule is [B]c1c([B])c(-c2c(C=C)c(C=C)c(-c3ccc4sc5cc(-c6c([B])c(O)c(O)c(O)c6[B])ccc5c4c3)c3ccccc23)c(O)c(O)c1O. The topological polar surface area (TPSA) is 121 Å². The van der Waals surface area contributed by atoms with Gasteiger partial charge in [-0.1, -0.05) is 78.7 Å². The zero-order valence-electron chi connectivity index (χ0n) is 25.7. The van der Waals surface area contributed by atoms with Gasteiger partial charge < -0.3 is 30.6 Å². The van der Waals surface area contributed by atoms with Gasteiger partial charge in [0.15, 0.2) is 34.5 Å². The van der Waals surface area contributed by atoms with E-state index >= 15 is 0 Å². The van der Waals surface area contributed by atoms with E-state index in [1.807, 2.05) is 48.5 Å². The molecule has 6 aromatic carbocycles. The molecule has 228 valence electrons. The highest BCUT2D eigenvalue weighted by atomic mass is 32.1. The summed E-state index contributed by atoms with van der Waals surface area (Å²) < 4.78 is 1.88. The minimum atomic E-state index is -0.785. The third-order valence-corrected chi connectivity index (χ3v) is 10.1. The van der Waals surface area contributed by atoms with Gasteiger partial charge in [0.1, 0.15) is 31.4 Å². The Morgan fingerprint density at radius 1 is 0.449 bits per heavy atom. The molecule has 49 heavy (non-hydrogen) atoms. The quantitative estimate of drug-likeness (QED) is 0.117. The van der Waals surface area contributed by atoms with Crippen molar-refractivity contribution in [2.45, 2.75) is 0 Å². The minimum absolute atomic E-state index is 0.0557. The Morgan fingerprint density at radius 3 is 1.61 bits per heavy atom. The van der Waals surface area contributed by atoms with E-state index in [9.17, 15) is 30.6 Å². The summed E-state index contributed by atoms with van der Waals surface area (Å²) in [5.41, 5.74) is 3.57. The molecule has 0 aliphatic heterocycles. The van der Waals surface area contributed by atoms with Crippen LogP contribution in [0.1, 0.15) is 11.1 Å². The van der Waals surface area contributed by atoms with E-state index in [-0.39, 0.29) is 33.0 Å². The molecule has 6 nitrogen and oxygen atoms in total. The van der Waals surface area contributed by atoms with Crippen LogP contribution < -0.4 is 21.9 Å². The Kier molecular flexibility index (Phi) is 7.49. The Balaban J connectivity index is 1.49. The zero-order chi connectivity index (χ0) is 35.0. The van der Waals surface area contributed by atoms with Gasteiger partial charge in [0.2, 0.25) is 0 Å². The molecule has 6 N–H and O–H groups in total. The lowest BCUT2D eigenvalue weighted by molar-refractivity contribution is 0.371. The third-order valence-electron chi connectivity index (χ3n) is 9.00. The summed E-state index contributed by atoms with van der Waals surface area (Å²) in [6, 6.07) is 19.2. The summed E-state index contributed by atoms with van der Waals surface area (Å²) in [5, 5.41) is 65.8. The maximum Gasteiger partial charge on any atom is 0.200 e. The number of fused-ring (bicyclic) bond motifs is 4. The monoisotopic (exact) mass is 650 g/mol. The van der Waals surface area contributed by atoms with Gasteiger partial charge in [-0.2, -0.15) is 0 Å². The summed E-state index contributed by atoms with van der Waals surface area (Å²) in [4.78, 5) is 0. The fourth-order valence-corrected chi connectivity index (χ4v) is 7.76. The molecule has 0 saturated heterocycles. The predicted molar refractivity (Wildman–Crippen MR) is 205 cm³/mol. The van der Waals surface area contributed by atoms with Crippen molar-refractivity contribution in [1.29, 1.82) is 0 Å². The van der Waals surface area contributed by atoms with Gasteiger partial charge in [-0.3, -0.25) is 0 Å². The van der Waals surface area contributed by atoms with E-state index in [1.54, 1.807) is 18.2 Å². The van der Waals surface area contributed by atoms with Gasteiger partial charge >= 0.3 is 0 Å². The van der Waals surface area contributed by atoms with Crippen LogP contribution in [0, 0.1) is 0 Å². The molecule has 0 saturated carbocycles.